The van der Waals surface area contributed by atoms with Gasteiger partial charge in [0.1, 0.15) is 0 Å². The standard InChI is InChI=1S/C14H19N3O2/c1-9-7-17(8-10(2)16(9)3)12-6-4-5-11-13(12)19-14(18)15-11/h4-6,9-10H,7-8H2,1-3H3,(H,15,18)/t9-,10+. The molecule has 1 aliphatic heterocycles. The smallest absolute Gasteiger partial charge is 0.406 e. The maximum atomic E-state index is 11.4. The number of rotatable bonds is 1. The summed E-state index contributed by atoms with van der Waals surface area (Å²) in [6, 6.07) is 6.79. The number of para-hydroxylation sites is 1. The van der Waals surface area contributed by atoms with E-state index in [4.69, 9.17) is 4.42 Å². The van der Waals surface area contributed by atoms with Crippen LogP contribution in [0.4, 0.5) is 5.69 Å². The van der Waals surface area contributed by atoms with Gasteiger partial charge in [-0.3, -0.25) is 9.88 Å². The summed E-state index contributed by atoms with van der Waals surface area (Å²) in [5.41, 5.74) is 2.43. The van der Waals surface area contributed by atoms with E-state index < -0.39 is 5.76 Å². The van der Waals surface area contributed by atoms with Crippen LogP contribution in [0.5, 0.6) is 0 Å². The van der Waals surface area contributed by atoms with Crippen molar-refractivity contribution in [3.63, 3.8) is 0 Å². The van der Waals surface area contributed by atoms with Crippen LogP contribution in [0.3, 0.4) is 0 Å². The van der Waals surface area contributed by atoms with Crippen LogP contribution < -0.4 is 10.7 Å². The molecule has 2 aromatic rings. The predicted octanol–water partition coefficient (Wildman–Crippen LogP) is 1.65. The largest absolute Gasteiger partial charge is 0.417 e. The highest BCUT2D eigenvalue weighted by Crippen LogP contribution is 2.28. The van der Waals surface area contributed by atoms with E-state index in [0.29, 0.717) is 17.7 Å². The first kappa shape index (κ1) is 12.3. The number of oxazole rings is 1. The molecule has 2 atom stereocenters. The molecule has 5 nitrogen and oxygen atoms in total. The van der Waals surface area contributed by atoms with Crippen molar-refractivity contribution in [2.45, 2.75) is 25.9 Å². The fraction of sp³-hybridized carbons (Fsp3) is 0.500. The molecule has 2 heterocycles. The highest BCUT2D eigenvalue weighted by molar-refractivity contribution is 5.86. The SMILES string of the molecule is C[C@@H]1CN(c2cccc3[nH]c(=O)oc23)C[C@H](C)N1C. The van der Waals surface area contributed by atoms with Gasteiger partial charge in [0.2, 0.25) is 0 Å². The number of aromatic nitrogens is 1. The van der Waals surface area contributed by atoms with Crippen molar-refractivity contribution in [1.82, 2.24) is 9.88 Å². The number of aromatic amines is 1. The summed E-state index contributed by atoms with van der Waals surface area (Å²) in [6.45, 7) is 6.32. The molecule has 1 aromatic carbocycles. The zero-order valence-electron chi connectivity index (χ0n) is 11.5. The van der Waals surface area contributed by atoms with Gasteiger partial charge in [-0.1, -0.05) is 6.07 Å². The Hall–Kier alpha value is -1.75. The first-order valence-corrected chi connectivity index (χ1v) is 6.65. The predicted molar refractivity (Wildman–Crippen MR) is 75.7 cm³/mol. The maximum absolute atomic E-state index is 11.4. The Balaban J connectivity index is 2.02. The molecular weight excluding hydrogens is 242 g/mol. The Bertz CT molecular complexity index is 633. The molecule has 1 fully saturated rings. The average Bonchev–Trinajstić information content (AvgIpc) is 2.75. The second kappa shape index (κ2) is 4.42. The van der Waals surface area contributed by atoms with Gasteiger partial charge in [0.15, 0.2) is 5.58 Å². The molecule has 0 saturated carbocycles. The quantitative estimate of drug-likeness (QED) is 0.848. The number of H-pyrrole nitrogens is 1. The van der Waals surface area contributed by atoms with E-state index in [1.165, 1.54) is 0 Å². The van der Waals surface area contributed by atoms with E-state index in [2.05, 4.69) is 35.7 Å². The first-order valence-electron chi connectivity index (χ1n) is 6.65. The van der Waals surface area contributed by atoms with Gasteiger partial charge in [0.05, 0.1) is 11.2 Å². The minimum atomic E-state index is -0.391. The number of anilines is 1. The number of hydrogen-bond donors (Lipinski definition) is 1. The molecule has 0 amide bonds. The van der Waals surface area contributed by atoms with Gasteiger partial charge >= 0.3 is 5.76 Å². The van der Waals surface area contributed by atoms with Crippen LogP contribution >= 0.6 is 0 Å². The minimum Gasteiger partial charge on any atom is -0.406 e. The molecular formula is C14H19N3O2. The van der Waals surface area contributed by atoms with Crippen molar-refractivity contribution in [2.24, 2.45) is 0 Å². The van der Waals surface area contributed by atoms with E-state index in [0.717, 1.165) is 24.3 Å². The van der Waals surface area contributed by atoms with Gasteiger partial charge in [-0.2, -0.15) is 0 Å². The second-order valence-electron chi connectivity index (χ2n) is 5.44. The van der Waals surface area contributed by atoms with Gasteiger partial charge in [-0.25, -0.2) is 4.79 Å². The van der Waals surface area contributed by atoms with Crippen molar-refractivity contribution < 1.29 is 4.42 Å². The molecule has 1 N–H and O–H groups in total. The van der Waals surface area contributed by atoms with Crippen LogP contribution in [0.25, 0.3) is 11.1 Å². The molecule has 1 aliphatic rings. The molecule has 0 aliphatic carbocycles. The Kier molecular flexibility index (Phi) is 2.86. The first-order chi connectivity index (χ1) is 9.06. The lowest BCUT2D eigenvalue weighted by Gasteiger charge is -2.43. The summed E-state index contributed by atoms with van der Waals surface area (Å²) in [4.78, 5) is 18.7. The fourth-order valence-electron chi connectivity index (χ4n) is 2.81. The summed E-state index contributed by atoms with van der Waals surface area (Å²) in [6.07, 6.45) is 0. The molecule has 0 spiro atoms. The number of likely N-dealkylation sites (N-methyl/N-ethyl adjacent to an activating group) is 1. The van der Waals surface area contributed by atoms with E-state index in [9.17, 15) is 4.79 Å². The van der Waals surface area contributed by atoms with Crippen LogP contribution in [-0.4, -0.2) is 42.1 Å². The van der Waals surface area contributed by atoms with Crippen LogP contribution in [-0.2, 0) is 0 Å². The van der Waals surface area contributed by atoms with Gasteiger partial charge in [0, 0.05) is 25.2 Å². The number of nitrogens with zero attached hydrogens (tertiary/aromatic N) is 2. The van der Waals surface area contributed by atoms with E-state index in [1.807, 2.05) is 18.2 Å². The lowest BCUT2D eigenvalue weighted by atomic mass is 10.1. The Morgan fingerprint density at radius 3 is 2.63 bits per heavy atom. The van der Waals surface area contributed by atoms with Crippen molar-refractivity contribution in [2.75, 3.05) is 25.0 Å². The van der Waals surface area contributed by atoms with Crippen LogP contribution in [0, 0.1) is 0 Å². The minimum absolute atomic E-state index is 0.391. The van der Waals surface area contributed by atoms with Gasteiger partial charge < -0.3 is 9.32 Å². The summed E-state index contributed by atoms with van der Waals surface area (Å²) in [7, 11) is 2.16. The van der Waals surface area contributed by atoms with Crippen LogP contribution in [0.1, 0.15) is 13.8 Å². The van der Waals surface area contributed by atoms with E-state index in [1.54, 1.807) is 0 Å². The highest BCUT2D eigenvalue weighted by Gasteiger charge is 2.28. The van der Waals surface area contributed by atoms with Crippen LogP contribution in [0.2, 0.25) is 0 Å². The number of benzene rings is 1. The lowest BCUT2D eigenvalue weighted by Crippen LogP contribution is -2.55. The molecule has 0 radical (unpaired) electrons. The Morgan fingerprint density at radius 1 is 1.26 bits per heavy atom. The number of nitrogens with one attached hydrogen (secondary N) is 1. The molecule has 1 saturated heterocycles. The van der Waals surface area contributed by atoms with Gasteiger partial charge in [0.25, 0.3) is 0 Å². The average molecular weight is 261 g/mol. The molecule has 19 heavy (non-hydrogen) atoms. The zero-order chi connectivity index (χ0) is 13.6. The van der Waals surface area contributed by atoms with Gasteiger partial charge in [-0.05, 0) is 33.0 Å². The number of hydrogen-bond acceptors (Lipinski definition) is 4. The number of fused-ring (bicyclic) bond motifs is 1. The summed E-state index contributed by atoms with van der Waals surface area (Å²) in [5, 5.41) is 0. The molecule has 5 heteroatoms. The zero-order valence-corrected chi connectivity index (χ0v) is 11.5. The molecule has 0 unspecified atom stereocenters. The maximum Gasteiger partial charge on any atom is 0.417 e. The third-order valence-corrected chi connectivity index (χ3v) is 4.13. The third kappa shape index (κ3) is 2.04. The summed E-state index contributed by atoms with van der Waals surface area (Å²) in [5.74, 6) is -0.391. The normalized spacial score (nSPS) is 25.1. The topological polar surface area (TPSA) is 52.5 Å². The van der Waals surface area contributed by atoms with Crippen molar-refractivity contribution in [3.05, 3.63) is 28.7 Å². The molecule has 3 rings (SSSR count). The third-order valence-electron chi connectivity index (χ3n) is 4.13. The van der Waals surface area contributed by atoms with E-state index in [-0.39, 0.29) is 0 Å². The van der Waals surface area contributed by atoms with Gasteiger partial charge in [-0.15, -0.1) is 0 Å². The monoisotopic (exact) mass is 261 g/mol. The molecule has 102 valence electrons. The summed E-state index contributed by atoms with van der Waals surface area (Å²) < 4.78 is 5.28. The van der Waals surface area contributed by atoms with Crippen molar-refractivity contribution in [3.8, 4) is 0 Å². The van der Waals surface area contributed by atoms with E-state index >= 15 is 0 Å². The van der Waals surface area contributed by atoms with Crippen molar-refractivity contribution in [1.29, 1.82) is 0 Å². The fourth-order valence-corrected chi connectivity index (χ4v) is 2.81. The lowest BCUT2D eigenvalue weighted by molar-refractivity contribution is 0.170. The summed E-state index contributed by atoms with van der Waals surface area (Å²) >= 11 is 0. The highest BCUT2D eigenvalue weighted by atomic mass is 16.4. The Labute approximate surface area is 111 Å². The van der Waals surface area contributed by atoms with Crippen molar-refractivity contribution >= 4 is 16.8 Å². The number of piperazine rings is 1. The molecule has 0 bridgehead atoms. The van der Waals surface area contributed by atoms with Crippen LogP contribution in [0.15, 0.2) is 27.4 Å². The Morgan fingerprint density at radius 2 is 1.95 bits per heavy atom. The second-order valence-corrected chi connectivity index (χ2v) is 5.44. The molecule has 1 aromatic heterocycles.